The molecule has 3 fully saturated rings. The fourth-order valence-corrected chi connectivity index (χ4v) is 6.43. The van der Waals surface area contributed by atoms with Crippen LogP contribution < -0.4 is 5.32 Å². The Morgan fingerprint density at radius 3 is 2.26 bits per heavy atom. The van der Waals surface area contributed by atoms with Gasteiger partial charge in [0.1, 0.15) is 10.6 Å². The standard InChI is InChI=1S/C24H27NO5S/c1-3-30-24(29)20-17(14-7-5-4-6-8-14)13(2)31-22(20)25-21(26)18-15-9-11-16(12-10-15)19(18)23(27)28/h4-8,15-16,18-19H,3,9-12H2,1-2H3,(H,25,26)(H,27,28). The Balaban J connectivity index is 1.70. The number of fused-ring (bicyclic) bond motifs is 3. The van der Waals surface area contributed by atoms with E-state index in [1.165, 1.54) is 11.3 Å². The largest absolute Gasteiger partial charge is 0.481 e. The predicted octanol–water partition coefficient (Wildman–Crippen LogP) is 4.98. The first-order valence-electron chi connectivity index (χ1n) is 10.8. The van der Waals surface area contributed by atoms with Gasteiger partial charge in [-0.1, -0.05) is 30.3 Å². The summed E-state index contributed by atoms with van der Waals surface area (Å²) < 4.78 is 5.30. The van der Waals surface area contributed by atoms with E-state index in [-0.39, 0.29) is 24.3 Å². The third-order valence-corrected chi connectivity index (χ3v) is 7.69. The van der Waals surface area contributed by atoms with Crippen molar-refractivity contribution in [2.75, 3.05) is 11.9 Å². The lowest BCUT2D eigenvalue weighted by atomic mass is 9.58. The van der Waals surface area contributed by atoms with Crippen LogP contribution in [0.1, 0.15) is 47.8 Å². The van der Waals surface area contributed by atoms with Gasteiger partial charge in [0.05, 0.1) is 18.4 Å². The number of benzene rings is 1. The molecule has 0 saturated heterocycles. The van der Waals surface area contributed by atoms with Crippen LogP contribution in [0.4, 0.5) is 5.00 Å². The summed E-state index contributed by atoms with van der Waals surface area (Å²) in [5.41, 5.74) is 1.97. The van der Waals surface area contributed by atoms with Gasteiger partial charge >= 0.3 is 11.9 Å². The number of carbonyl (C=O) groups excluding carboxylic acids is 2. The minimum atomic E-state index is -0.896. The van der Waals surface area contributed by atoms with Crippen LogP contribution in [0.2, 0.25) is 0 Å². The molecule has 3 saturated carbocycles. The fraction of sp³-hybridized carbons (Fsp3) is 0.458. The first-order valence-corrected chi connectivity index (χ1v) is 11.6. The highest BCUT2D eigenvalue weighted by Crippen LogP contribution is 2.50. The van der Waals surface area contributed by atoms with Crippen molar-refractivity contribution in [2.45, 2.75) is 39.5 Å². The lowest BCUT2D eigenvalue weighted by molar-refractivity contribution is -0.156. The Morgan fingerprint density at radius 2 is 1.68 bits per heavy atom. The number of nitrogens with one attached hydrogen (secondary N) is 1. The number of hydrogen-bond donors (Lipinski definition) is 2. The molecule has 1 aromatic heterocycles. The Bertz CT molecular complexity index is 991. The molecule has 1 amide bonds. The van der Waals surface area contributed by atoms with Gasteiger partial charge in [0.15, 0.2) is 0 Å². The Morgan fingerprint density at radius 1 is 1.06 bits per heavy atom. The van der Waals surface area contributed by atoms with E-state index in [1.807, 2.05) is 37.3 Å². The van der Waals surface area contributed by atoms with Gasteiger partial charge < -0.3 is 15.2 Å². The molecule has 5 rings (SSSR count). The molecule has 2 bridgehead atoms. The molecular weight excluding hydrogens is 414 g/mol. The molecule has 2 aromatic rings. The molecule has 7 heteroatoms. The quantitative estimate of drug-likeness (QED) is 0.617. The number of rotatable bonds is 6. The van der Waals surface area contributed by atoms with Crippen molar-refractivity contribution in [1.82, 2.24) is 0 Å². The monoisotopic (exact) mass is 441 g/mol. The third kappa shape index (κ3) is 3.99. The van der Waals surface area contributed by atoms with E-state index in [4.69, 9.17) is 4.74 Å². The summed E-state index contributed by atoms with van der Waals surface area (Å²) in [6, 6.07) is 9.54. The smallest absolute Gasteiger partial charge is 0.341 e. The number of aliphatic carboxylic acids is 1. The van der Waals surface area contributed by atoms with Crippen LogP contribution in [0, 0.1) is 30.6 Å². The molecule has 3 aliphatic carbocycles. The molecule has 2 N–H and O–H groups in total. The zero-order valence-corrected chi connectivity index (χ0v) is 18.5. The van der Waals surface area contributed by atoms with Crippen molar-refractivity contribution in [3.8, 4) is 11.1 Å². The van der Waals surface area contributed by atoms with E-state index in [1.54, 1.807) is 6.92 Å². The van der Waals surface area contributed by atoms with Crippen LogP contribution in [-0.4, -0.2) is 29.6 Å². The van der Waals surface area contributed by atoms with E-state index in [0.29, 0.717) is 10.6 Å². The van der Waals surface area contributed by atoms with Gasteiger partial charge in [0.25, 0.3) is 0 Å². The Hall–Kier alpha value is -2.67. The lowest BCUT2D eigenvalue weighted by Crippen LogP contribution is -2.49. The predicted molar refractivity (Wildman–Crippen MR) is 119 cm³/mol. The molecule has 6 nitrogen and oxygen atoms in total. The van der Waals surface area contributed by atoms with Gasteiger partial charge in [-0.3, -0.25) is 9.59 Å². The topological polar surface area (TPSA) is 92.7 Å². The minimum absolute atomic E-state index is 0.0488. The van der Waals surface area contributed by atoms with Crippen molar-refractivity contribution >= 4 is 34.2 Å². The number of ether oxygens (including phenoxy) is 1. The second kappa shape index (κ2) is 8.83. The van der Waals surface area contributed by atoms with E-state index >= 15 is 0 Å². The first kappa shape index (κ1) is 21.6. The highest BCUT2D eigenvalue weighted by atomic mass is 32.1. The van der Waals surface area contributed by atoms with Gasteiger partial charge in [0.2, 0.25) is 5.91 Å². The van der Waals surface area contributed by atoms with E-state index < -0.39 is 23.8 Å². The second-order valence-corrected chi connectivity index (χ2v) is 9.60. The lowest BCUT2D eigenvalue weighted by Gasteiger charge is -2.45. The molecule has 0 spiro atoms. The number of aryl methyl sites for hydroxylation is 1. The van der Waals surface area contributed by atoms with E-state index in [0.717, 1.165) is 41.7 Å². The maximum atomic E-state index is 13.3. The summed E-state index contributed by atoms with van der Waals surface area (Å²) in [6.07, 6.45) is 3.51. The van der Waals surface area contributed by atoms with Gasteiger partial charge in [-0.2, -0.15) is 0 Å². The highest BCUT2D eigenvalue weighted by molar-refractivity contribution is 7.17. The number of carboxylic acids is 1. The molecule has 2 atom stereocenters. The summed E-state index contributed by atoms with van der Waals surface area (Å²) in [5.74, 6) is -2.78. The highest BCUT2D eigenvalue weighted by Gasteiger charge is 2.50. The number of hydrogen-bond acceptors (Lipinski definition) is 5. The molecule has 3 aliphatic rings. The summed E-state index contributed by atoms with van der Waals surface area (Å²) in [5, 5.41) is 13.2. The number of thiophene rings is 1. The minimum Gasteiger partial charge on any atom is -0.481 e. The number of carboxylic acid groups (broad SMARTS) is 1. The molecule has 0 aliphatic heterocycles. The SMILES string of the molecule is CCOC(=O)c1c(NC(=O)C2C3CCC(CC3)C2C(=O)O)sc(C)c1-c1ccccc1. The van der Waals surface area contributed by atoms with Gasteiger partial charge in [-0.25, -0.2) is 4.79 Å². The summed E-state index contributed by atoms with van der Waals surface area (Å²) >= 11 is 1.33. The maximum Gasteiger partial charge on any atom is 0.341 e. The van der Waals surface area contributed by atoms with Crippen molar-refractivity contribution in [2.24, 2.45) is 23.7 Å². The number of esters is 1. The fourth-order valence-electron chi connectivity index (χ4n) is 5.36. The van der Waals surface area contributed by atoms with Crippen molar-refractivity contribution in [3.63, 3.8) is 0 Å². The molecule has 2 unspecified atom stereocenters. The molecular formula is C24H27NO5S. The van der Waals surface area contributed by atoms with E-state index in [9.17, 15) is 19.5 Å². The van der Waals surface area contributed by atoms with Crippen LogP contribution >= 0.6 is 11.3 Å². The zero-order chi connectivity index (χ0) is 22.1. The second-order valence-electron chi connectivity index (χ2n) is 8.38. The number of amides is 1. The average molecular weight is 442 g/mol. The zero-order valence-electron chi connectivity index (χ0n) is 17.7. The summed E-state index contributed by atoms with van der Waals surface area (Å²) in [7, 11) is 0. The maximum absolute atomic E-state index is 13.3. The Labute approximate surface area is 185 Å². The van der Waals surface area contributed by atoms with Crippen LogP contribution in [0.3, 0.4) is 0 Å². The van der Waals surface area contributed by atoms with Crippen LogP contribution in [0.15, 0.2) is 30.3 Å². The van der Waals surface area contributed by atoms with Gasteiger partial charge in [-0.15, -0.1) is 11.3 Å². The van der Waals surface area contributed by atoms with Gasteiger partial charge in [-0.05, 0) is 56.9 Å². The molecule has 1 heterocycles. The number of anilines is 1. The van der Waals surface area contributed by atoms with Crippen LogP contribution in [0.25, 0.3) is 11.1 Å². The summed E-state index contributed by atoms with van der Waals surface area (Å²) in [6.45, 7) is 3.88. The molecule has 1 aromatic carbocycles. The average Bonchev–Trinajstić information content (AvgIpc) is 3.10. The number of carbonyl (C=O) groups is 3. The van der Waals surface area contributed by atoms with Crippen molar-refractivity contribution in [3.05, 3.63) is 40.8 Å². The van der Waals surface area contributed by atoms with Crippen LogP contribution in [-0.2, 0) is 14.3 Å². The first-order chi connectivity index (χ1) is 14.9. The third-order valence-electron chi connectivity index (χ3n) is 6.67. The Kier molecular flexibility index (Phi) is 6.14. The van der Waals surface area contributed by atoms with Crippen molar-refractivity contribution in [1.29, 1.82) is 0 Å². The molecule has 164 valence electrons. The van der Waals surface area contributed by atoms with E-state index in [2.05, 4.69) is 5.32 Å². The van der Waals surface area contributed by atoms with Gasteiger partial charge in [0, 0.05) is 10.4 Å². The summed E-state index contributed by atoms with van der Waals surface area (Å²) in [4.78, 5) is 39.1. The molecule has 0 radical (unpaired) electrons. The van der Waals surface area contributed by atoms with Crippen LogP contribution in [0.5, 0.6) is 0 Å². The van der Waals surface area contributed by atoms with Crippen molar-refractivity contribution < 1.29 is 24.2 Å². The molecule has 31 heavy (non-hydrogen) atoms. The normalized spacial score (nSPS) is 24.6.